The Morgan fingerprint density at radius 2 is 1.48 bits per heavy atom. The smallest absolute Gasteiger partial charge is 0.274 e. The van der Waals surface area contributed by atoms with Crippen LogP contribution in [0, 0.1) is 4.91 Å². The zero-order valence-corrected chi connectivity index (χ0v) is 15.9. The Morgan fingerprint density at radius 3 is 2.10 bits per heavy atom. The Morgan fingerprint density at radius 1 is 0.862 bits per heavy atom. The molecule has 1 fully saturated rings. The molecule has 2 aliphatic rings. The molecule has 9 heteroatoms. The van der Waals surface area contributed by atoms with Crippen molar-refractivity contribution < 1.29 is 15.5 Å². The molecule has 2 aromatic heterocycles. The molecule has 0 bridgehead atoms. The first-order valence-corrected chi connectivity index (χ1v) is 9.48. The van der Waals surface area contributed by atoms with Gasteiger partial charge in [-0.05, 0) is 49.9 Å². The molecule has 4 rings (SSSR count). The van der Waals surface area contributed by atoms with E-state index in [0.29, 0.717) is 5.84 Å². The molecule has 150 valence electrons. The van der Waals surface area contributed by atoms with Crippen LogP contribution in [-0.2, 0) is 0 Å². The van der Waals surface area contributed by atoms with Crippen molar-refractivity contribution in [1.82, 2.24) is 15.4 Å². The van der Waals surface area contributed by atoms with Gasteiger partial charge in [0.15, 0.2) is 5.84 Å². The van der Waals surface area contributed by atoms with Crippen molar-refractivity contribution in [2.24, 2.45) is 10.1 Å². The maximum absolute atomic E-state index is 8.47. The number of rotatable bonds is 2. The van der Waals surface area contributed by atoms with Crippen LogP contribution in [0.3, 0.4) is 0 Å². The van der Waals surface area contributed by atoms with Gasteiger partial charge in [0.25, 0.3) is 0 Å². The number of allylic oxidation sites excluding steroid dienone is 1. The van der Waals surface area contributed by atoms with Gasteiger partial charge in [0, 0.05) is 23.7 Å². The molecule has 3 heterocycles. The number of nitrogens with zero attached hydrogens (tertiary/aromatic N) is 5. The van der Waals surface area contributed by atoms with Crippen molar-refractivity contribution in [2.45, 2.75) is 38.5 Å². The molecule has 0 spiro atoms. The van der Waals surface area contributed by atoms with Gasteiger partial charge in [-0.2, -0.15) is 5.10 Å². The van der Waals surface area contributed by atoms with Gasteiger partial charge in [-0.1, -0.05) is 25.0 Å². The number of hydrogen-bond donors (Lipinski definition) is 3. The largest absolute Gasteiger partial charge is 0.472 e. The van der Waals surface area contributed by atoms with Crippen molar-refractivity contribution in [3.63, 3.8) is 0 Å². The van der Waals surface area contributed by atoms with Gasteiger partial charge >= 0.3 is 5.09 Å². The Bertz CT molecular complexity index is 922. The predicted octanol–water partition coefficient (Wildman–Crippen LogP) is 3.49. The molecule has 0 atom stereocenters. The van der Waals surface area contributed by atoms with Crippen LogP contribution in [0.25, 0.3) is 5.70 Å². The van der Waals surface area contributed by atoms with Gasteiger partial charge in [0.2, 0.25) is 0 Å². The van der Waals surface area contributed by atoms with E-state index in [1.165, 1.54) is 24.8 Å². The Labute approximate surface area is 168 Å². The van der Waals surface area contributed by atoms with Crippen molar-refractivity contribution in [1.29, 1.82) is 0 Å². The summed E-state index contributed by atoms with van der Waals surface area (Å²) in [5.74, 6) is 0.639. The van der Waals surface area contributed by atoms with E-state index >= 15 is 0 Å². The lowest BCUT2D eigenvalue weighted by molar-refractivity contribution is -0.969. The van der Waals surface area contributed by atoms with E-state index in [4.69, 9.17) is 20.3 Å². The summed E-state index contributed by atoms with van der Waals surface area (Å²) in [7, 11) is 0. The fraction of sp³-hybridized carbons (Fsp3) is 0.300. The lowest BCUT2D eigenvalue weighted by Gasteiger charge is -2.17. The fourth-order valence-corrected chi connectivity index (χ4v) is 3.30. The van der Waals surface area contributed by atoms with Gasteiger partial charge in [-0.15, -0.1) is 0 Å². The van der Waals surface area contributed by atoms with Crippen LogP contribution in [0.2, 0.25) is 0 Å². The van der Waals surface area contributed by atoms with Crippen LogP contribution in [0.4, 0.5) is 0 Å². The lowest BCUT2D eigenvalue weighted by Crippen LogP contribution is -2.14. The second kappa shape index (κ2) is 10.1. The summed E-state index contributed by atoms with van der Waals surface area (Å²) in [6.07, 6.45) is 10.4. The quantitative estimate of drug-likeness (QED) is 0.669. The second-order valence-corrected chi connectivity index (χ2v) is 6.56. The third-order valence-corrected chi connectivity index (χ3v) is 4.57. The third-order valence-electron chi connectivity index (χ3n) is 4.57. The molecular formula is C20H23N6O3+. The van der Waals surface area contributed by atoms with E-state index in [-0.39, 0.29) is 0 Å². The zero-order chi connectivity index (χ0) is 20.5. The Kier molecular flexibility index (Phi) is 6.99. The van der Waals surface area contributed by atoms with E-state index in [2.05, 4.69) is 20.5 Å². The first-order chi connectivity index (χ1) is 14.1. The molecule has 29 heavy (non-hydrogen) atoms. The summed E-state index contributed by atoms with van der Waals surface area (Å²) in [5.41, 5.74) is 8.28. The molecule has 1 saturated carbocycles. The summed E-state index contributed by atoms with van der Waals surface area (Å²) < 4.78 is 0. The van der Waals surface area contributed by atoms with Crippen LogP contribution in [0.15, 0.2) is 64.5 Å². The summed E-state index contributed by atoms with van der Waals surface area (Å²) in [4.78, 5) is 22.3. The number of aliphatic imine (C=N–C) groups is 1. The highest BCUT2D eigenvalue weighted by Crippen LogP contribution is 2.27. The molecule has 1 aliphatic heterocycles. The van der Waals surface area contributed by atoms with Crippen LogP contribution in [-0.4, -0.2) is 37.0 Å². The van der Waals surface area contributed by atoms with Crippen LogP contribution in [0.1, 0.15) is 49.9 Å². The molecule has 0 radical (unpaired) electrons. The number of aromatic nitrogens is 2. The molecular weight excluding hydrogens is 372 g/mol. The highest BCUT2D eigenvalue weighted by molar-refractivity contribution is 6.15. The first kappa shape index (κ1) is 20.1. The van der Waals surface area contributed by atoms with Gasteiger partial charge in [-0.25, -0.2) is 15.4 Å². The van der Waals surface area contributed by atoms with E-state index in [1.807, 2.05) is 42.6 Å². The number of nitrogens with one attached hydrogen (secondary N) is 1. The van der Waals surface area contributed by atoms with Gasteiger partial charge < -0.3 is 0 Å². The lowest BCUT2D eigenvalue weighted by atomic mass is 9.92. The van der Waals surface area contributed by atoms with Gasteiger partial charge in [0.1, 0.15) is 10.6 Å². The minimum Gasteiger partial charge on any atom is -0.274 e. The maximum atomic E-state index is 8.47. The normalized spacial score (nSPS) is 16.4. The maximum Gasteiger partial charge on any atom is 0.472 e. The number of hydrazone groups is 1. The molecule has 9 nitrogen and oxygen atoms in total. The molecule has 1 aliphatic carbocycles. The van der Waals surface area contributed by atoms with E-state index in [9.17, 15) is 0 Å². The summed E-state index contributed by atoms with van der Waals surface area (Å²) >= 11 is 0. The number of amidine groups is 1. The molecule has 0 saturated heterocycles. The average molecular weight is 395 g/mol. The first-order valence-electron chi connectivity index (χ1n) is 9.48. The van der Waals surface area contributed by atoms with Crippen molar-refractivity contribution in [3.05, 3.63) is 70.7 Å². The van der Waals surface area contributed by atoms with Crippen LogP contribution >= 0.6 is 0 Å². The van der Waals surface area contributed by atoms with Crippen molar-refractivity contribution in [2.75, 3.05) is 0 Å². The predicted molar refractivity (Wildman–Crippen MR) is 107 cm³/mol. The van der Waals surface area contributed by atoms with Crippen molar-refractivity contribution in [3.8, 4) is 0 Å². The highest BCUT2D eigenvalue weighted by atomic mass is 16.9. The molecule has 0 amide bonds. The van der Waals surface area contributed by atoms with Crippen LogP contribution in [0.5, 0.6) is 0 Å². The average Bonchev–Trinajstić information content (AvgIpc) is 2.88. The van der Waals surface area contributed by atoms with Gasteiger partial charge in [0.05, 0.1) is 11.4 Å². The SMILES string of the molecule is O=[N+](O)O.c1ccc(C2=NNC(c3ccccn3)=C3CCCCCCC3=N2)nc1. The van der Waals surface area contributed by atoms with E-state index in [0.717, 1.165) is 42.1 Å². The summed E-state index contributed by atoms with van der Waals surface area (Å²) in [6.45, 7) is 0. The number of fused-ring (bicyclic) bond motifs is 1. The van der Waals surface area contributed by atoms with E-state index < -0.39 is 5.09 Å². The zero-order valence-electron chi connectivity index (χ0n) is 15.9. The van der Waals surface area contributed by atoms with E-state index in [1.54, 1.807) is 6.20 Å². The third kappa shape index (κ3) is 5.68. The van der Waals surface area contributed by atoms with Crippen LogP contribution < -0.4 is 5.43 Å². The van der Waals surface area contributed by atoms with Gasteiger partial charge in [-0.3, -0.25) is 15.4 Å². The Hall–Kier alpha value is -3.62. The van der Waals surface area contributed by atoms with Crippen molar-refractivity contribution >= 4 is 17.2 Å². The standard InChI is InChI=1S/C20H21N5.H2NO3/c1-2-4-10-16-15(9-3-1)19(17-11-5-7-13-21-17)24-25-20(23-16)18-12-6-8-14-22-18;2-1(3)4/h5-8,11-14,24H,1-4,9-10H2;(H2,2,3,4)/q;+1. The highest BCUT2D eigenvalue weighted by Gasteiger charge is 2.21. The Balaban J connectivity index is 0.000000552. The fourth-order valence-electron chi connectivity index (χ4n) is 3.30. The minimum absolute atomic E-state index is 0.639. The summed E-state index contributed by atoms with van der Waals surface area (Å²) in [5, 5.41) is 17.1. The summed E-state index contributed by atoms with van der Waals surface area (Å²) in [6, 6.07) is 11.8. The minimum atomic E-state index is -1.25. The molecule has 0 unspecified atom stereocenters. The number of pyridine rings is 2. The monoisotopic (exact) mass is 395 g/mol. The topological polar surface area (TPSA) is 123 Å². The molecule has 0 aromatic carbocycles. The second-order valence-electron chi connectivity index (χ2n) is 6.56. The number of hydrogen-bond acceptors (Lipinski definition) is 6. The molecule has 2 aromatic rings. The molecule has 3 N–H and O–H groups in total.